The first-order chi connectivity index (χ1) is 18.5. The number of anilines is 4. The zero-order valence-corrected chi connectivity index (χ0v) is 23.3. The zero-order valence-electron chi connectivity index (χ0n) is 22.5. The van der Waals surface area contributed by atoms with Gasteiger partial charge in [-0.25, -0.2) is 22.8 Å². The Morgan fingerprint density at radius 2 is 1.95 bits per heavy atom. The maximum atomic E-state index is 14.7. The topological polar surface area (TPSA) is 112 Å². The second kappa shape index (κ2) is 9.55. The molecule has 1 aromatic carbocycles. The Balaban J connectivity index is 1.26. The Kier molecular flexibility index (Phi) is 6.41. The predicted molar refractivity (Wildman–Crippen MR) is 151 cm³/mol. The third kappa shape index (κ3) is 5.26. The number of fused-ring (bicyclic) bond motifs is 1. The lowest BCUT2D eigenvalue weighted by Crippen LogP contribution is -2.57. The Labute approximate surface area is 228 Å². The highest BCUT2D eigenvalue weighted by molar-refractivity contribution is 7.90. The maximum absolute atomic E-state index is 14.7. The van der Waals surface area contributed by atoms with Crippen molar-refractivity contribution in [3.8, 4) is 0 Å². The minimum Gasteiger partial charge on any atom is -0.390 e. The van der Waals surface area contributed by atoms with Crippen LogP contribution in [0.2, 0.25) is 0 Å². The van der Waals surface area contributed by atoms with Gasteiger partial charge in [-0.2, -0.15) is 4.98 Å². The Bertz CT molecular complexity index is 1510. The van der Waals surface area contributed by atoms with Crippen LogP contribution in [0.15, 0.2) is 36.7 Å². The van der Waals surface area contributed by atoms with E-state index in [-0.39, 0.29) is 24.3 Å². The summed E-state index contributed by atoms with van der Waals surface area (Å²) in [4.78, 5) is 17.7. The van der Waals surface area contributed by atoms with Gasteiger partial charge in [0.25, 0.3) is 0 Å². The number of hydrogen-bond donors (Lipinski definition) is 2. The number of halogens is 1. The molecule has 3 aliphatic rings. The van der Waals surface area contributed by atoms with E-state index in [1.807, 2.05) is 6.20 Å². The fraction of sp³-hybridized carbons (Fsp3) is 0.536. The van der Waals surface area contributed by atoms with E-state index in [0.29, 0.717) is 43.0 Å². The molecular weight excluding hydrogens is 519 g/mol. The summed E-state index contributed by atoms with van der Waals surface area (Å²) < 4.78 is 38.4. The predicted octanol–water partition coefficient (Wildman–Crippen LogP) is 3.81. The number of pyridine rings is 1. The molecule has 208 valence electrons. The summed E-state index contributed by atoms with van der Waals surface area (Å²) in [6.45, 7) is 4.71. The monoisotopic (exact) mass is 554 g/mol. The standard InChI is InChI=1S/C28H35FN6O3S/c1-17-19(15-39(3,37)38)14-35(17)23-7-6-20(18-4-5-18)21-12-26(31-13-22(21)23)32-25-8-10-30-27(33-25)34-11-9-24(36)28(2,29)16-34/h6-8,10,12-13,17-19,24,36H,4-5,9,11,14-16H2,1-3H3,(H,30,31,32,33)/t17-,19-,24-,28+/m1/s1. The van der Waals surface area contributed by atoms with E-state index < -0.39 is 21.6 Å². The summed E-state index contributed by atoms with van der Waals surface area (Å²) >= 11 is 0. The number of piperidine rings is 1. The van der Waals surface area contributed by atoms with Gasteiger partial charge in [0, 0.05) is 54.8 Å². The van der Waals surface area contributed by atoms with Crippen LogP contribution in [0.3, 0.4) is 0 Å². The maximum Gasteiger partial charge on any atom is 0.227 e. The second-order valence-electron chi connectivity index (χ2n) is 11.7. The van der Waals surface area contributed by atoms with Gasteiger partial charge in [-0.15, -0.1) is 0 Å². The third-order valence-corrected chi connectivity index (χ3v) is 9.44. The number of hydrogen-bond acceptors (Lipinski definition) is 9. The van der Waals surface area contributed by atoms with Crippen LogP contribution in [0.4, 0.5) is 27.7 Å². The van der Waals surface area contributed by atoms with Crippen LogP contribution in [0.25, 0.3) is 10.8 Å². The molecule has 4 heterocycles. The molecule has 9 nitrogen and oxygen atoms in total. The fourth-order valence-electron chi connectivity index (χ4n) is 5.91. The molecular formula is C28H35FN6O3S. The van der Waals surface area contributed by atoms with Crippen LogP contribution < -0.4 is 15.1 Å². The van der Waals surface area contributed by atoms with Crippen molar-refractivity contribution in [3.05, 3.63) is 42.2 Å². The van der Waals surface area contributed by atoms with Gasteiger partial charge in [-0.05, 0) is 68.2 Å². The summed E-state index contributed by atoms with van der Waals surface area (Å²) in [5, 5.41) is 15.5. The molecule has 3 aromatic rings. The van der Waals surface area contributed by atoms with Crippen molar-refractivity contribution < 1.29 is 17.9 Å². The molecule has 2 aromatic heterocycles. The first kappa shape index (κ1) is 26.2. The van der Waals surface area contributed by atoms with E-state index in [1.165, 1.54) is 31.6 Å². The number of rotatable bonds is 7. The largest absolute Gasteiger partial charge is 0.390 e. The van der Waals surface area contributed by atoms with Crippen molar-refractivity contribution in [2.75, 3.05) is 46.8 Å². The SMILES string of the molecule is C[C@@H]1[C@@H](CS(C)(=O)=O)CN1c1ccc(C2CC2)c2cc(Nc3ccnc(N4CC[C@@H](O)[C@@](C)(F)C4)n3)ncc12. The van der Waals surface area contributed by atoms with E-state index in [1.54, 1.807) is 17.2 Å². The lowest BCUT2D eigenvalue weighted by molar-refractivity contribution is -0.00860. The van der Waals surface area contributed by atoms with Crippen molar-refractivity contribution in [3.63, 3.8) is 0 Å². The zero-order chi connectivity index (χ0) is 27.5. The number of aromatic nitrogens is 3. The molecule has 0 unspecified atom stereocenters. The fourth-order valence-corrected chi connectivity index (χ4v) is 7.07. The normalized spacial score (nSPS) is 27.5. The number of benzene rings is 1. The molecule has 3 fully saturated rings. The average molecular weight is 555 g/mol. The number of nitrogens with zero attached hydrogens (tertiary/aromatic N) is 5. The van der Waals surface area contributed by atoms with Crippen molar-refractivity contribution in [1.29, 1.82) is 0 Å². The molecule has 2 aliphatic heterocycles. The van der Waals surface area contributed by atoms with Crippen molar-refractivity contribution in [2.45, 2.75) is 56.8 Å². The molecule has 1 saturated carbocycles. The minimum atomic E-state index is -3.02. The molecule has 1 aliphatic carbocycles. The lowest BCUT2D eigenvalue weighted by Gasteiger charge is -2.48. The molecule has 0 spiro atoms. The Morgan fingerprint density at radius 3 is 2.64 bits per heavy atom. The van der Waals surface area contributed by atoms with Crippen LogP contribution in [0, 0.1) is 5.92 Å². The molecule has 11 heteroatoms. The van der Waals surface area contributed by atoms with Gasteiger partial charge in [-0.3, -0.25) is 0 Å². The van der Waals surface area contributed by atoms with Crippen molar-refractivity contribution >= 4 is 43.9 Å². The first-order valence-electron chi connectivity index (χ1n) is 13.6. The number of nitrogens with one attached hydrogen (secondary N) is 1. The van der Waals surface area contributed by atoms with E-state index in [4.69, 9.17) is 4.98 Å². The number of alkyl halides is 1. The lowest BCUT2D eigenvalue weighted by atomic mass is 9.89. The highest BCUT2D eigenvalue weighted by Crippen LogP contribution is 2.46. The third-order valence-electron chi connectivity index (χ3n) is 8.41. The summed E-state index contributed by atoms with van der Waals surface area (Å²) in [5.74, 6) is 2.49. The van der Waals surface area contributed by atoms with Crippen molar-refractivity contribution in [1.82, 2.24) is 15.0 Å². The van der Waals surface area contributed by atoms with Crippen LogP contribution in [-0.2, 0) is 9.84 Å². The molecule has 0 bridgehead atoms. The van der Waals surface area contributed by atoms with Gasteiger partial charge in [0.1, 0.15) is 21.5 Å². The van der Waals surface area contributed by atoms with Crippen LogP contribution in [-0.4, -0.2) is 77.9 Å². The van der Waals surface area contributed by atoms with Gasteiger partial charge in [0.15, 0.2) is 5.67 Å². The molecule has 2 saturated heterocycles. The Hall–Kier alpha value is -3.05. The van der Waals surface area contributed by atoms with Gasteiger partial charge in [-0.1, -0.05) is 6.07 Å². The van der Waals surface area contributed by atoms with E-state index in [2.05, 4.69) is 45.3 Å². The minimum absolute atomic E-state index is 0.0271. The average Bonchev–Trinajstić information content (AvgIpc) is 3.72. The molecule has 4 atom stereocenters. The summed E-state index contributed by atoms with van der Waals surface area (Å²) in [6, 6.07) is 8.31. The highest BCUT2D eigenvalue weighted by atomic mass is 32.2. The van der Waals surface area contributed by atoms with Crippen molar-refractivity contribution in [2.24, 2.45) is 5.92 Å². The second-order valence-corrected chi connectivity index (χ2v) is 13.9. The van der Waals surface area contributed by atoms with Crippen LogP contribution in [0.1, 0.15) is 44.6 Å². The van der Waals surface area contributed by atoms with Crippen LogP contribution in [0.5, 0.6) is 0 Å². The smallest absolute Gasteiger partial charge is 0.227 e. The van der Waals surface area contributed by atoms with E-state index in [9.17, 15) is 17.9 Å². The number of sulfone groups is 1. The van der Waals surface area contributed by atoms with Gasteiger partial charge in [0.05, 0.1) is 18.4 Å². The number of aliphatic hydroxyl groups excluding tert-OH is 1. The van der Waals surface area contributed by atoms with Gasteiger partial charge in [0.2, 0.25) is 5.95 Å². The van der Waals surface area contributed by atoms with E-state index in [0.717, 1.165) is 16.5 Å². The summed E-state index contributed by atoms with van der Waals surface area (Å²) in [5.41, 5.74) is 0.662. The highest BCUT2D eigenvalue weighted by Gasteiger charge is 2.40. The van der Waals surface area contributed by atoms with Gasteiger partial charge < -0.3 is 20.2 Å². The summed E-state index contributed by atoms with van der Waals surface area (Å²) in [6.07, 6.45) is 6.49. The number of aliphatic hydroxyl groups is 1. The molecule has 2 N–H and O–H groups in total. The summed E-state index contributed by atoms with van der Waals surface area (Å²) in [7, 11) is -3.02. The molecule has 6 rings (SSSR count). The van der Waals surface area contributed by atoms with Crippen LogP contribution >= 0.6 is 0 Å². The Morgan fingerprint density at radius 1 is 1.15 bits per heavy atom. The molecule has 0 amide bonds. The van der Waals surface area contributed by atoms with E-state index >= 15 is 0 Å². The quantitative estimate of drug-likeness (QED) is 0.450. The first-order valence-corrected chi connectivity index (χ1v) is 15.6. The molecule has 39 heavy (non-hydrogen) atoms. The van der Waals surface area contributed by atoms with Gasteiger partial charge >= 0.3 is 0 Å². The molecule has 0 radical (unpaired) electrons.